The molecule has 1 aliphatic rings. The second kappa shape index (κ2) is 5.73. The molecule has 1 heterocycles. The van der Waals surface area contributed by atoms with Crippen LogP contribution in [0.4, 0.5) is 17.1 Å². The van der Waals surface area contributed by atoms with Crippen LogP contribution < -0.4 is 16.4 Å². The highest BCUT2D eigenvalue weighted by atomic mass is 16.2. The van der Waals surface area contributed by atoms with E-state index in [1.165, 1.54) is 0 Å². The third kappa shape index (κ3) is 2.92. The molecule has 1 aromatic carbocycles. The smallest absolute Gasteiger partial charge is 0.224 e. The molecule has 0 spiro atoms. The van der Waals surface area contributed by atoms with Crippen molar-refractivity contribution in [2.45, 2.75) is 25.7 Å². The predicted molar refractivity (Wildman–Crippen MR) is 72.6 cm³/mol. The summed E-state index contributed by atoms with van der Waals surface area (Å²) in [7, 11) is 0. The first-order chi connectivity index (χ1) is 8.70. The molecule has 0 radical (unpaired) electrons. The number of aryl methyl sites for hydroxylation is 1. The van der Waals surface area contributed by atoms with Crippen LogP contribution in [-0.2, 0) is 11.2 Å². The Labute approximate surface area is 106 Å². The molecule has 98 valence electrons. The lowest BCUT2D eigenvalue weighted by Crippen LogP contribution is -2.19. The minimum Gasteiger partial charge on any atom is -0.397 e. The minimum atomic E-state index is 0.0468. The molecule has 0 saturated carbocycles. The molecular formula is C13H19N3O2. The second-order valence-electron chi connectivity index (χ2n) is 4.50. The van der Waals surface area contributed by atoms with Crippen molar-refractivity contribution >= 4 is 23.0 Å². The van der Waals surface area contributed by atoms with E-state index in [0.29, 0.717) is 12.1 Å². The number of fused-ring (bicyclic) bond motifs is 1. The summed E-state index contributed by atoms with van der Waals surface area (Å²) in [4.78, 5) is 11.3. The Morgan fingerprint density at radius 2 is 2.17 bits per heavy atom. The molecule has 1 aromatic rings. The first-order valence-corrected chi connectivity index (χ1v) is 6.27. The van der Waals surface area contributed by atoms with Gasteiger partial charge in [0.15, 0.2) is 0 Å². The highest BCUT2D eigenvalue weighted by Crippen LogP contribution is 2.30. The number of aliphatic hydroxyl groups is 1. The maximum atomic E-state index is 11.3. The van der Waals surface area contributed by atoms with Gasteiger partial charge in [-0.15, -0.1) is 0 Å². The van der Waals surface area contributed by atoms with Gasteiger partial charge in [-0.3, -0.25) is 4.79 Å². The van der Waals surface area contributed by atoms with Crippen LogP contribution in [0, 0.1) is 0 Å². The number of amides is 1. The van der Waals surface area contributed by atoms with E-state index in [-0.39, 0.29) is 12.5 Å². The Kier molecular flexibility index (Phi) is 4.04. The SMILES string of the molecule is Nc1cc2c(cc1NCCCCO)CCC(=O)N2. The first-order valence-electron chi connectivity index (χ1n) is 6.27. The van der Waals surface area contributed by atoms with Gasteiger partial charge in [0, 0.05) is 25.3 Å². The van der Waals surface area contributed by atoms with Crippen molar-refractivity contribution in [2.24, 2.45) is 0 Å². The third-order valence-electron chi connectivity index (χ3n) is 3.07. The maximum Gasteiger partial charge on any atom is 0.224 e. The molecule has 0 aliphatic carbocycles. The van der Waals surface area contributed by atoms with Gasteiger partial charge >= 0.3 is 0 Å². The lowest BCUT2D eigenvalue weighted by Gasteiger charge is -2.19. The summed E-state index contributed by atoms with van der Waals surface area (Å²) < 4.78 is 0. The van der Waals surface area contributed by atoms with E-state index in [9.17, 15) is 4.79 Å². The van der Waals surface area contributed by atoms with Crippen LogP contribution in [0.1, 0.15) is 24.8 Å². The Morgan fingerprint density at radius 1 is 1.33 bits per heavy atom. The molecule has 5 N–H and O–H groups in total. The molecule has 0 saturated heterocycles. The summed E-state index contributed by atoms with van der Waals surface area (Å²) in [6.07, 6.45) is 2.98. The number of nitrogens with one attached hydrogen (secondary N) is 2. The number of hydrogen-bond acceptors (Lipinski definition) is 4. The first kappa shape index (κ1) is 12.7. The summed E-state index contributed by atoms with van der Waals surface area (Å²) in [6.45, 7) is 1.00. The fraction of sp³-hybridized carbons (Fsp3) is 0.462. The van der Waals surface area contributed by atoms with Crippen LogP contribution in [0.5, 0.6) is 0 Å². The number of carbonyl (C=O) groups is 1. The number of rotatable bonds is 5. The molecular weight excluding hydrogens is 230 g/mol. The van der Waals surface area contributed by atoms with Gasteiger partial charge in [0.25, 0.3) is 0 Å². The zero-order chi connectivity index (χ0) is 13.0. The van der Waals surface area contributed by atoms with E-state index >= 15 is 0 Å². The maximum absolute atomic E-state index is 11.3. The molecule has 0 fully saturated rings. The molecule has 18 heavy (non-hydrogen) atoms. The Hall–Kier alpha value is -1.75. The molecule has 5 heteroatoms. The predicted octanol–water partition coefficient (Wildman–Crippen LogP) is 1.34. The Bertz CT molecular complexity index is 446. The van der Waals surface area contributed by atoms with Crippen molar-refractivity contribution in [3.05, 3.63) is 17.7 Å². The number of nitrogens with two attached hydrogens (primary N) is 1. The summed E-state index contributed by atoms with van der Waals surface area (Å²) in [5, 5.41) is 14.8. The van der Waals surface area contributed by atoms with Crippen LogP contribution in [0.3, 0.4) is 0 Å². The van der Waals surface area contributed by atoms with E-state index in [2.05, 4.69) is 10.6 Å². The second-order valence-corrected chi connectivity index (χ2v) is 4.50. The molecule has 0 aromatic heterocycles. The number of hydrogen-bond donors (Lipinski definition) is 4. The average Bonchev–Trinajstić information content (AvgIpc) is 2.35. The number of carbonyl (C=O) groups excluding carboxylic acids is 1. The molecule has 0 unspecified atom stereocenters. The number of aliphatic hydroxyl groups excluding tert-OH is 1. The number of nitrogen functional groups attached to an aromatic ring is 1. The third-order valence-corrected chi connectivity index (χ3v) is 3.07. The van der Waals surface area contributed by atoms with Gasteiger partial charge in [-0.05, 0) is 37.0 Å². The van der Waals surface area contributed by atoms with Gasteiger partial charge in [-0.1, -0.05) is 0 Å². The molecule has 2 rings (SSSR count). The van der Waals surface area contributed by atoms with Crippen LogP contribution in [-0.4, -0.2) is 24.2 Å². The van der Waals surface area contributed by atoms with Crippen LogP contribution in [0.15, 0.2) is 12.1 Å². The van der Waals surface area contributed by atoms with Crippen molar-refractivity contribution in [3.8, 4) is 0 Å². The Morgan fingerprint density at radius 3 is 2.94 bits per heavy atom. The summed E-state index contributed by atoms with van der Waals surface area (Å²) in [5.41, 5.74) is 9.43. The van der Waals surface area contributed by atoms with Crippen LogP contribution in [0.25, 0.3) is 0 Å². The topological polar surface area (TPSA) is 87.4 Å². The summed E-state index contributed by atoms with van der Waals surface area (Å²) in [6, 6.07) is 3.81. The molecule has 0 atom stereocenters. The van der Waals surface area contributed by atoms with Gasteiger partial charge in [-0.25, -0.2) is 0 Å². The minimum absolute atomic E-state index is 0.0468. The van der Waals surface area contributed by atoms with E-state index in [0.717, 1.165) is 42.7 Å². The van der Waals surface area contributed by atoms with Crippen molar-refractivity contribution in [2.75, 3.05) is 29.5 Å². The van der Waals surface area contributed by atoms with Crippen molar-refractivity contribution in [3.63, 3.8) is 0 Å². The standard InChI is InChI=1S/C13H19N3O2/c14-10-8-11-9(3-4-13(18)16-11)7-12(10)15-5-1-2-6-17/h7-8,15,17H,1-6,14H2,(H,16,18). The van der Waals surface area contributed by atoms with E-state index in [4.69, 9.17) is 10.8 Å². The zero-order valence-corrected chi connectivity index (χ0v) is 10.3. The Balaban J connectivity index is 2.05. The molecule has 0 bridgehead atoms. The van der Waals surface area contributed by atoms with Crippen molar-refractivity contribution < 1.29 is 9.90 Å². The lowest BCUT2D eigenvalue weighted by molar-refractivity contribution is -0.116. The van der Waals surface area contributed by atoms with Gasteiger partial charge in [0.2, 0.25) is 5.91 Å². The van der Waals surface area contributed by atoms with Gasteiger partial charge in [0.05, 0.1) is 11.4 Å². The van der Waals surface area contributed by atoms with Gasteiger partial charge in [-0.2, -0.15) is 0 Å². The van der Waals surface area contributed by atoms with Crippen LogP contribution in [0.2, 0.25) is 0 Å². The molecule has 1 aliphatic heterocycles. The number of anilines is 3. The monoisotopic (exact) mass is 249 g/mol. The molecule has 1 amide bonds. The van der Waals surface area contributed by atoms with E-state index in [1.54, 1.807) is 6.07 Å². The van der Waals surface area contributed by atoms with Crippen molar-refractivity contribution in [1.29, 1.82) is 0 Å². The summed E-state index contributed by atoms with van der Waals surface area (Å²) in [5.74, 6) is 0.0468. The highest BCUT2D eigenvalue weighted by molar-refractivity contribution is 5.95. The number of unbranched alkanes of at least 4 members (excludes halogenated alkanes) is 1. The van der Waals surface area contributed by atoms with Crippen LogP contribution >= 0.6 is 0 Å². The van der Waals surface area contributed by atoms with Crippen molar-refractivity contribution in [1.82, 2.24) is 0 Å². The fourth-order valence-corrected chi connectivity index (χ4v) is 2.06. The largest absolute Gasteiger partial charge is 0.397 e. The van der Waals surface area contributed by atoms with E-state index in [1.807, 2.05) is 6.07 Å². The summed E-state index contributed by atoms with van der Waals surface area (Å²) >= 11 is 0. The quantitative estimate of drug-likeness (QED) is 0.468. The molecule has 5 nitrogen and oxygen atoms in total. The lowest BCUT2D eigenvalue weighted by atomic mass is 10.0. The normalized spacial score (nSPS) is 13.9. The highest BCUT2D eigenvalue weighted by Gasteiger charge is 2.16. The van der Waals surface area contributed by atoms with Gasteiger partial charge < -0.3 is 21.5 Å². The number of benzene rings is 1. The zero-order valence-electron chi connectivity index (χ0n) is 10.3. The van der Waals surface area contributed by atoms with Gasteiger partial charge in [0.1, 0.15) is 0 Å². The fourth-order valence-electron chi connectivity index (χ4n) is 2.06. The van der Waals surface area contributed by atoms with E-state index < -0.39 is 0 Å². The average molecular weight is 249 g/mol.